The number of benzene rings is 1. The fourth-order valence-corrected chi connectivity index (χ4v) is 2.08. The topological polar surface area (TPSA) is 55.8 Å². The van der Waals surface area contributed by atoms with Crippen molar-refractivity contribution in [1.82, 2.24) is 0 Å². The van der Waals surface area contributed by atoms with Crippen LogP contribution in [0.25, 0.3) is 0 Å². The summed E-state index contributed by atoms with van der Waals surface area (Å²) in [6.07, 6.45) is 0.760. The molecule has 1 aromatic rings. The van der Waals surface area contributed by atoms with Crippen LogP contribution in [-0.2, 0) is 9.47 Å². The van der Waals surface area contributed by atoms with Crippen molar-refractivity contribution in [3.05, 3.63) is 35.9 Å². The Kier molecular flexibility index (Phi) is 3.99. The van der Waals surface area contributed by atoms with Crippen molar-refractivity contribution in [3.63, 3.8) is 0 Å². The quantitative estimate of drug-likeness (QED) is 0.831. The number of esters is 1. The highest BCUT2D eigenvalue weighted by molar-refractivity contribution is 5.89. The monoisotopic (exact) mass is 250 g/mol. The summed E-state index contributed by atoms with van der Waals surface area (Å²) in [6, 6.07) is 8.85. The average Bonchev–Trinajstić information content (AvgIpc) is 2.37. The first-order valence-electron chi connectivity index (χ1n) is 6.13. The second-order valence-electron chi connectivity index (χ2n) is 4.89. The van der Waals surface area contributed by atoms with Gasteiger partial charge in [0.1, 0.15) is 12.2 Å². The molecule has 0 saturated carbocycles. The van der Waals surface area contributed by atoms with E-state index in [0.717, 1.165) is 0 Å². The molecule has 2 atom stereocenters. The highest BCUT2D eigenvalue weighted by Gasteiger charge is 2.34. The minimum Gasteiger partial charge on any atom is -0.459 e. The Bertz CT molecular complexity index is 404. The zero-order valence-electron chi connectivity index (χ0n) is 10.5. The molecule has 0 bridgehead atoms. The molecule has 1 aliphatic rings. The van der Waals surface area contributed by atoms with Gasteiger partial charge in [-0.2, -0.15) is 0 Å². The standard InChI is InChI=1S/C14H18O4/c1-14(9-12(15)7-8-18-14)10-17-13(16)11-5-3-2-4-6-11/h2-6,12,15H,7-10H2,1H3/t12?,14-/m1/s1. The van der Waals surface area contributed by atoms with Gasteiger partial charge < -0.3 is 14.6 Å². The van der Waals surface area contributed by atoms with E-state index < -0.39 is 5.60 Å². The number of ether oxygens (including phenoxy) is 2. The van der Waals surface area contributed by atoms with Gasteiger partial charge in [-0.25, -0.2) is 4.79 Å². The Morgan fingerprint density at radius 3 is 2.89 bits per heavy atom. The molecule has 4 nitrogen and oxygen atoms in total. The Hall–Kier alpha value is -1.39. The first-order valence-corrected chi connectivity index (χ1v) is 6.13. The van der Waals surface area contributed by atoms with Gasteiger partial charge in [0.25, 0.3) is 0 Å². The van der Waals surface area contributed by atoms with Crippen molar-refractivity contribution < 1.29 is 19.4 Å². The summed E-state index contributed by atoms with van der Waals surface area (Å²) in [5.41, 5.74) is -0.0558. The highest BCUT2D eigenvalue weighted by atomic mass is 16.6. The second kappa shape index (κ2) is 5.50. The Labute approximate surface area is 107 Å². The number of hydrogen-bond acceptors (Lipinski definition) is 4. The third kappa shape index (κ3) is 3.31. The van der Waals surface area contributed by atoms with Crippen molar-refractivity contribution >= 4 is 5.97 Å². The zero-order chi connectivity index (χ0) is 13.0. The molecule has 98 valence electrons. The van der Waals surface area contributed by atoms with Crippen LogP contribution in [0.15, 0.2) is 30.3 Å². The largest absolute Gasteiger partial charge is 0.459 e. The van der Waals surface area contributed by atoms with Crippen LogP contribution in [0.2, 0.25) is 0 Å². The molecule has 0 amide bonds. The molecule has 0 radical (unpaired) electrons. The SMILES string of the molecule is C[C@]1(COC(=O)c2ccccc2)CC(O)CCO1. The van der Waals surface area contributed by atoms with Gasteiger partial charge in [-0.15, -0.1) is 0 Å². The number of aliphatic hydroxyl groups excluding tert-OH is 1. The van der Waals surface area contributed by atoms with Crippen molar-refractivity contribution in [3.8, 4) is 0 Å². The van der Waals surface area contributed by atoms with Crippen LogP contribution in [0.4, 0.5) is 0 Å². The molecule has 1 unspecified atom stereocenters. The predicted octanol–water partition coefficient (Wildman–Crippen LogP) is 1.77. The van der Waals surface area contributed by atoms with Gasteiger partial charge in [0, 0.05) is 13.0 Å². The van der Waals surface area contributed by atoms with Crippen molar-refractivity contribution in [1.29, 1.82) is 0 Å². The summed E-state index contributed by atoms with van der Waals surface area (Å²) in [4.78, 5) is 11.8. The number of carbonyl (C=O) groups excluding carboxylic acids is 1. The fraction of sp³-hybridized carbons (Fsp3) is 0.500. The van der Waals surface area contributed by atoms with E-state index >= 15 is 0 Å². The average molecular weight is 250 g/mol. The summed E-state index contributed by atoms with van der Waals surface area (Å²) >= 11 is 0. The Balaban J connectivity index is 1.89. The smallest absolute Gasteiger partial charge is 0.338 e. The van der Waals surface area contributed by atoms with E-state index in [1.165, 1.54) is 0 Å². The molecular formula is C14H18O4. The number of aliphatic hydroxyl groups is 1. The maximum absolute atomic E-state index is 11.8. The third-order valence-corrected chi connectivity index (χ3v) is 3.09. The summed E-state index contributed by atoms with van der Waals surface area (Å²) < 4.78 is 10.8. The molecule has 2 rings (SSSR count). The molecule has 1 aliphatic heterocycles. The highest BCUT2D eigenvalue weighted by Crippen LogP contribution is 2.25. The summed E-state index contributed by atoms with van der Waals surface area (Å²) in [5.74, 6) is -0.361. The van der Waals surface area contributed by atoms with Crippen LogP contribution in [0.5, 0.6) is 0 Å². The lowest BCUT2D eigenvalue weighted by molar-refractivity contribution is -0.131. The predicted molar refractivity (Wildman–Crippen MR) is 66.3 cm³/mol. The van der Waals surface area contributed by atoms with E-state index in [2.05, 4.69) is 0 Å². The van der Waals surface area contributed by atoms with E-state index in [9.17, 15) is 9.90 Å². The molecule has 18 heavy (non-hydrogen) atoms. The maximum atomic E-state index is 11.8. The fourth-order valence-electron chi connectivity index (χ4n) is 2.08. The lowest BCUT2D eigenvalue weighted by Gasteiger charge is -2.35. The third-order valence-electron chi connectivity index (χ3n) is 3.09. The van der Waals surface area contributed by atoms with Crippen LogP contribution >= 0.6 is 0 Å². The number of hydrogen-bond donors (Lipinski definition) is 1. The first kappa shape index (κ1) is 13.1. The number of carbonyl (C=O) groups is 1. The van der Waals surface area contributed by atoms with Gasteiger partial charge in [0.2, 0.25) is 0 Å². The molecule has 1 saturated heterocycles. The van der Waals surface area contributed by atoms with Gasteiger partial charge in [0.15, 0.2) is 0 Å². The van der Waals surface area contributed by atoms with Gasteiger partial charge in [-0.05, 0) is 25.5 Å². The normalized spacial score (nSPS) is 27.8. The van der Waals surface area contributed by atoms with Gasteiger partial charge in [-0.1, -0.05) is 18.2 Å². The molecule has 1 N–H and O–H groups in total. The van der Waals surface area contributed by atoms with Crippen molar-refractivity contribution in [2.45, 2.75) is 31.5 Å². The molecule has 0 aliphatic carbocycles. The van der Waals surface area contributed by atoms with Crippen LogP contribution in [0.3, 0.4) is 0 Å². The van der Waals surface area contributed by atoms with Gasteiger partial charge in [0.05, 0.1) is 11.7 Å². The molecule has 4 heteroatoms. The van der Waals surface area contributed by atoms with E-state index in [0.29, 0.717) is 25.0 Å². The summed E-state index contributed by atoms with van der Waals surface area (Å²) in [7, 11) is 0. The van der Waals surface area contributed by atoms with E-state index in [4.69, 9.17) is 9.47 Å². The molecule has 0 aromatic heterocycles. The molecule has 1 aromatic carbocycles. The van der Waals surface area contributed by atoms with Crippen LogP contribution in [-0.4, -0.2) is 36.0 Å². The number of rotatable bonds is 3. The minimum absolute atomic E-state index is 0.164. The van der Waals surface area contributed by atoms with E-state index in [1.54, 1.807) is 24.3 Å². The lowest BCUT2D eigenvalue weighted by atomic mass is 9.95. The van der Waals surface area contributed by atoms with Crippen LogP contribution in [0, 0.1) is 0 Å². The molecule has 1 fully saturated rings. The summed E-state index contributed by atoms with van der Waals surface area (Å²) in [6.45, 7) is 2.52. The molecular weight excluding hydrogens is 232 g/mol. The molecule has 1 heterocycles. The van der Waals surface area contributed by atoms with Crippen LogP contribution < -0.4 is 0 Å². The maximum Gasteiger partial charge on any atom is 0.338 e. The van der Waals surface area contributed by atoms with Gasteiger partial charge in [-0.3, -0.25) is 0 Å². The lowest BCUT2D eigenvalue weighted by Crippen LogP contribution is -2.43. The van der Waals surface area contributed by atoms with Gasteiger partial charge >= 0.3 is 5.97 Å². The first-order chi connectivity index (χ1) is 8.59. The van der Waals surface area contributed by atoms with E-state index in [1.807, 2.05) is 13.0 Å². The Morgan fingerprint density at radius 1 is 1.50 bits per heavy atom. The minimum atomic E-state index is -0.581. The second-order valence-corrected chi connectivity index (χ2v) is 4.89. The van der Waals surface area contributed by atoms with Crippen molar-refractivity contribution in [2.24, 2.45) is 0 Å². The van der Waals surface area contributed by atoms with Crippen molar-refractivity contribution in [2.75, 3.05) is 13.2 Å². The zero-order valence-corrected chi connectivity index (χ0v) is 10.5. The van der Waals surface area contributed by atoms with Crippen LogP contribution in [0.1, 0.15) is 30.1 Å². The summed E-state index contributed by atoms with van der Waals surface area (Å²) in [5, 5.41) is 9.61. The Morgan fingerprint density at radius 2 is 2.22 bits per heavy atom. The molecule has 0 spiro atoms. The van der Waals surface area contributed by atoms with E-state index in [-0.39, 0.29) is 18.7 Å².